The average Bonchev–Trinajstić information content (AvgIpc) is 3.26. The Bertz CT molecular complexity index is 654. The Labute approximate surface area is 148 Å². The molecule has 1 aliphatic heterocycles. The summed E-state index contributed by atoms with van der Waals surface area (Å²) >= 11 is 1.81. The summed E-state index contributed by atoms with van der Waals surface area (Å²) in [6, 6.07) is 0.352. The van der Waals surface area contributed by atoms with E-state index in [0.717, 1.165) is 49.2 Å². The molecule has 1 atom stereocenters. The number of hydrogen-bond donors (Lipinski definition) is 1. The minimum absolute atomic E-state index is 0.352. The van der Waals surface area contributed by atoms with E-state index in [1.54, 1.807) is 17.5 Å². The van der Waals surface area contributed by atoms with E-state index in [1.165, 1.54) is 11.3 Å². The summed E-state index contributed by atoms with van der Waals surface area (Å²) in [5, 5.41) is 4.21. The van der Waals surface area contributed by atoms with Gasteiger partial charge in [0.25, 0.3) is 0 Å². The SMILES string of the molecule is CCN(CC)c1ncc(CN2CCCC2c2cncc(NC)n2)s1. The minimum atomic E-state index is 0.352. The van der Waals surface area contributed by atoms with Crippen LogP contribution < -0.4 is 10.2 Å². The molecule has 0 saturated carbocycles. The second-order valence-electron chi connectivity index (χ2n) is 5.99. The van der Waals surface area contributed by atoms with Crippen LogP contribution in [0.5, 0.6) is 0 Å². The van der Waals surface area contributed by atoms with Crippen molar-refractivity contribution in [1.82, 2.24) is 19.9 Å². The van der Waals surface area contributed by atoms with Gasteiger partial charge in [-0.05, 0) is 33.2 Å². The summed E-state index contributed by atoms with van der Waals surface area (Å²) in [6.45, 7) is 8.40. The molecule has 1 saturated heterocycles. The van der Waals surface area contributed by atoms with Crippen LogP contribution in [-0.2, 0) is 6.54 Å². The molecule has 130 valence electrons. The zero-order valence-corrected chi connectivity index (χ0v) is 15.5. The van der Waals surface area contributed by atoms with Gasteiger partial charge in [0.1, 0.15) is 5.82 Å². The molecule has 3 rings (SSSR count). The van der Waals surface area contributed by atoms with Gasteiger partial charge in [-0.1, -0.05) is 0 Å². The van der Waals surface area contributed by atoms with Gasteiger partial charge < -0.3 is 10.2 Å². The maximum absolute atomic E-state index is 4.69. The van der Waals surface area contributed by atoms with E-state index in [-0.39, 0.29) is 0 Å². The molecule has 0 radical (unpaired) electrons. The Morgan fingerprint density at radius 2 is 2.12 bits per heavy atom. The minimum Gasteiger partial charge on any atom is -0.372 e. The van der Waals surface area contributed by atoms with Crippen molar-refractivity contribution < 1.29 is 0 Å². The normalized spacial score (nSPS) is 18.0. The molecule has 7 heteroatoms. The molecule has 1 unspecified atom stereocenters. The van der Waals surface area contributed by atoms with Crippen LogP contribution in [0.3, 0.4) is 0 Å². The number of aromatic nitrogens is 3. The van der Waals surface area contributed by atoms with Gasteiger partial charge in [0, 0.05) is 37.8 Å². The van der Waals surface area contributed by atoms with Gasteiger partial charge in [0.2, 0.25) is 0 Å². The molecule has 0 spiro atoms. The van der Waals surface area contributed by atoms with Gasteiger partial charge in [0.15, 0.2) is 5.13 Å². The molecule has 1 aliphatic rings. The predicted molar refractivity (Wildman–Crippen MR) is 99.6 cm³/mol. The van der Waals surface area contributed by atoms with Gasteiger partial charge in [-0.3, -0.25) is 9.88 Å². The monoisotopic (exact) mass is 346 g/mol. The Morgan fingerprint density at radius 3 is 2.88 bits per heavy atom. The molecule has 0 bridgehead atoms. The highest BCUT2D eigenvalue weighted by Crippen LogP contribution is 2.34. The predicted octanol–water partition coefficient (Wildman–Crippen LogP) is 3.16. The summed E-state index contributed by atoms with van der Waals surface area (Å²) in [5.74, 6) is 0.834. The fourth-order valence-electron chi connectivity index (χ4n) is 3.22. The van der Waals surface area contributed by atoms with E-state index >= 15 is 0 Å². The van der Waals surface area contributed by atoms with Crippen LogP contribution in [-0.4, -0.2) is 46.5 Å². The number of hydrogen-bond acceptors (Lipinski definition) is 7. The quantitative estimate of drug-likeness (QED) is 0.831. The lowest BCUT2D eigenvalue weighted by Gasteiger charge is -2.23. The summed E-state index contributed by atoms with van der Waals surface area (Å²) in [4.78, 5) is 19.7. The second kappa shape index (κ2) is 7.90. The van der Waals surface area contributed by atoms with Gasteiger partial charge in [-0.15, -0.1) is 11.3 Å². The molecule has 0 aliphatic carbocycles. The van der Waals surface area contributed by atoms with E-state index < -0.39 is 0 Å². The zero-order valence-electron chi connectivity index (χ0n) is 14.7. The number of nitrogens with zero attached hydrogens (tertiary/aromatic N) is 5. The van der Waals surface area contributed by atoms with Crippen LogP contribution in [0.25, 0.3) is 0 Å². The molecule has 2 aromatic rings. The number of anilines is 2. The summed E-state index contributed by atoms with van der Waals surface area (Å²) in [5.41, 5.74) is 1.06. The molecule has 0 amide bonds. The zero-order chi connectivity index (χ0) is 16.9. The molecule has 0 aromatic carbocycles. The van der Waals surface area contributed by atoms with E-state index in [0.29, 0.717) is 6.04 Å². The van der Waals surface area contributed by atoms with Gasteiger partial charge in [-0.25, -0.2) is 9.97 Å². The van der Waals surface area contributed by atoms with Crippen molar-refractivity contribution in [2.24, 2.45) is 0 Å². The summed E-state index contributed by atoms with van der Waals surface area (Å²) in [6.07, 6.45) is 8.05. The highest BCUT2D eigenvalue weighted by atomic mass is 32.1. The third-order valence-electron chi connectivity index (χ3n) is 4.55. The summed E-state index contributed by atoms with van der Waals surface area (Å²) < 4.78 is 0. The van der Waals surface area contributed by atoms with Crippen molar-refractivity contribution in [3.8, 4) is 0 Å². The van der Waals surface area contributed by atoms with Crippen LogP contribution in [0.15, 0.2) is 18.6 Å². The van der Waals surface area contributed by atoms with Crippen LogP contribution in [0, 0.1) is 0 Å². The fraction of sp³-hybridized carbons (Fsp3) is 0.588. The topological polar surface area (TPSA) is 57.2 Å². The highest BCUT2D eigenvalue weighted by molar-refractivity contribution is 7.15. The van der Waals surface area contributed by atoms with Crippen LogP contribution in [0.1, 0.15) is 43.3 Å². The maximum atomic E-state index is 4.69. The van der Waals surface area contributed by atoms with Gasteiger partial charge in [-0.2, -0.15) is 0 Å². The van der Waals surface area contributed by atoms with Crippen molar-refractivity contribution in [3.63, 3.8) is 0 Å². The first-order chi connectivity index (χ1) is 11.7. The Kier molecular flexibility index (Phi) is 5.63. The number of rotatable bonds is 7. The lowest BCUT2D eigenvalue weighted by molar-refractivity contribution is 0.246. The summed E-state index contributed by atoms with van der Waals surface area (Å²) in [7, 11) is 1.88. The smallest absolute Gasteiger partial charge is 0.185 e. The van der Waals surface area contributed by atoms with Crippen molar-refractivity contribution in [2.45, 2.75) is 39.3 Å². The molecule has 2 aromatic heterocycles. The van der Waals surface area contributed by atoms with E-state index in [9.17, 15) is 0 Å². The highest BCUT2D eigenvalue weighted by Gasteiger charge is 2.28. The second-order valence-corrected chi connectivity index (χ2v) is 7.08. The standard InChI is InChI=1S/C17H26N6S/c1-4-22(5-2)17-20-9-13(24-17)12-23-8-6-7-15(23)14-10-19-11-16(18-3)21-14/h9-11,15H,4-8,12H2,1-3H3,(H,18,21). The van der Waals surface area contributed by atoms with E-state index in [4.69, 9.17) is 0 Å². The maximum Gasteiger partial charge on any atom is 0.185 e. The molecule has 6 nitrogen and oxygen atoms in total. The number of nitrogens with one attached hydrogen (secondary N) is 1. The van der Waals surface area contributed by atoms with Crippen molar-refractivity contribution in [2.75, 3.05) is 36.9 Å². The van der Waals surface area contributed by atoms with Crippen LogP contribution >= 0.6 is 11.3 Å². The van der Waals surface area contributed by atoms with Crippen LogP contribution in [0.4, 0.5) is 10.9 Å². The van der Waals surface area contributed by atoms with E-state index in [2.05, 4.69) is 43.9 Å². The first-order valence-electron chi connectivity index (χ1n) is 8.68. The Morgan fingerprint density at radius 1 is 1.29 bits per heavy atom. The third kappa shape index (κ3) is 3.67. The molecular weight excluding hydrogens is 320 g/mol. The Balaban J connectivity index is 1.72. The van der Waals surface area contributed by atoms with Gasteiger partial charge >= 0.3 is 0 Å². The number of likely N-dealkylation sites (tertiary alicyclic amines) is 1. The molecule has 3 heterocycles. The molecule has 1 N–H and O–H groups in total. The Hall–Kier alpha value is -1.73. The molecule has 1 fully saturated rings. The van der Waals surface area contributed by atoms with E-state index in [1.807, 2.05) is 19.4 Å². The fourth-order valence-corrected chi connectivity index (χ4v) is 4.29. The van der Waals surface area contributed by atoms with Crippen molar-refractivity contribution in [3.05, 3.63) is 29.2 Å². The lowest BCUT2D eigenvalue weighted by atomic mass is 10.1. The number of thiazole rings is 1. The van der Waals surface area contributed by atoms with Crippen molar-refractivity contribution >= 4 is 22.3 Å². The molecular formula is C17H26N6S. The van der Waals surface area contributed by atoms with Crippen molar-refractivity contribution in [1.29, 1.82) is 0 Å². The first kappa shape index (κ1) is 17.1. The first-order valence-corrected chi connectivity index (χ1v) is 9.50. The third-order valence-corrected chi connectivity index (χ3v) is 5.59. The van der Waals surface area contributed by atoms with Crippen LogP contribution in [0.2, 0.25) is 0 Å². The molecule has 24 heavy (non-hydrogen) atoms. The van der Waals surface area contributed by atoms with Gasteiger partial charge in [0.05, 0.1) is 24.1 Å². The largest absolute Gasteiger partial charge is 0.372 e. The lowest BCUT2D eigenvalue weighted by Crippen LogP contribution is -2.23. The average molecular weight is 347 g/mol.